The molecule has 0 N–H and O–H groups in total. The molecule has 0 aliphatic rings. The Hall–Kier alpha value is -1.31. The van der Waals surface area contributed by atoms with Gasteiger partial charge in [-0.2, -0.15) is 0 Å². The van der Waals surface area contributed by atoms with Crippen molar-refractivity contribution in [1.82, 2.24) is 0 Å². The number of hydrogen-bond acceptors (Lipinski definition) is 2. The molecule has 0 aliphatic carbocycles. The first-order valence-electron chi connectivity index (χ1n) is 3.17. The fraction of sp³-hybridized carbons (Fsp3) is 0.222. The smallest absolute Gasteiger partial charge is 0.329 e. The fourth-order valence-corrected chi connectivity index (χ4v) is 0.219. The van der Waals surface area contributed by atoms with Gasteiger partial charge < -0.3 is 4.74 Å². The van der Waals surface area contributed by atoms with Crippen LogP contribution in [0.5, 0.6) is 0 Å². The predicted molar refractivity (Wildman–Crippen MR) is 47.2 cm³/mol. The van der Waals surface area contributed by atoms with Crippen molar-refractivity contribution in [2.24, 2.45) is 0 Å². The number of carbonyl (C=O) groups excluding carboxylic acids is 1. The summed E-state index contributed by atoms with van der Waals surface area (Å²) in [5.74, 6) is -0.394. The van der Waals surface area contributed by atoms with Crippen molar-refractivity contribution in [3.8, 4) is 0 Å². The van der Waals surface area contributed by atoms with Crippen molar-refractivity contribution in [2.45, 2.75) is 6.92 Å². The van der Waals surface area contributed by atoms with Gasteiger partial charge in [0.05, 0.1) is 7.11 Å². The molecule has 2 heteroatoms. The highest BCUT2D eigenvalue weighted by Gasteiger charge is 1.81. The highest BCUT2D eigenvalue weighted by molar-refractivity contribution is 5.80. The SMILES string of the molecule is C=CC(=O)OC.C=CC=CC. The van der Waals surface area contributed by atoms with Gasteiger partial charge in [0, 0.05) is 6.08 Å². The van der Waals surface area contributed by atoms with Crippen LogP contribution in [0.3, 0.4) is 0 Å². The molecule has 0 atom stereocenters. The number of methoxy groups -OCH3 is 1. The molecule has 62 valence electrons. The molecule has 2 nitrogen and oxygen atoms in total. The highest BCUT2D eigenvalue weighted by Crippen LogP contribution is 1.67. The van der Waals surface area contributed by atoms with Crippen LogP contribution in [0.2, 0.25) is 0 Å². The van der Waals surface area contributed by atoms with Gasteiger partial charge in [0.1, 0.15) is 0 Å². The first-order valence-corrected chi connectivity index (χ1v) is 3.17. The Kier molecular flexibility index (Phi) is 12.9. The van der Waals surface area contributed by atoms with E-state index in [1.807, 2.05) is 19.1 Å². The third-order valence-electron chi connectivity index (χ3n) is 0.696. The monoisotopic (exact) mass is 154 g/mol. The Morgan fingerprint density at radius 3 is 2.00 bits per heavy atom. The number of allylic oxidation sites excluding steroid dienone is 3. The van der Waals surface area contributed by atoms with E-state index in [1.165, 1.54) is 7.11 Å². The Balaban J connectivity index is 0. The molecule has 0 saturated carbocycles. The Morgan fingerprint density at radius 1 is 1.45 bits per heavy atom. The van der Waals surface area contributed by atoms with Gasteiger partial charge in [0.15, 0.2) is 0 Å². The quantitative estimate of drug-likeness (QED) is 0.346. The highest BCUT2D eigenvalue weighted by atomic mass is 16.5. The van der Waals surface area contributed by atoms with Crippen LogP contribution in [0.1, 0.15) is 6.92 Å². The molecule has 0 unspecified atom stereocenters. The van der Waals surface area contributed by atoms with Gasteiger partial charge in [0.25, 0.3) is 0 Å². The molecule has 0 saturated heterocycles. The first-order chi connectivity index (χ1) is 5.22. The molecule has 0 aromatic carbocycles. The van der Waals surface area contributed by atoms with Crippen molar-refractivity contribution in [2.75, 3.05) is 7.11 Å². The zero-order valence-corrected chi connectivity index (χ0v) is 7.04. The Morgan fingerprint density at radius 2 is 2.00 bits per heavy atom. The first kappa shape index (κ1) is 12.4. The van der Waals surface area contributed by atoms with E-state index in [-0.39, 0.29) is 0 Å². The predicted octanol–water partition coefficient (Wildman–Crippen LogP) is 2.09. The Bertz CT molecular complexity index is 146. The van der Waals surface area contributed by atoms with Crippen LogP contribution in [0, 0.1) is 0 Å². The minimum Gasteiger partial charge on any atom is -0.466 e. The van der Waals surface area contributed by atoms with E-state index in [0.717, 1.165) is 6.08 Å². The van der Waals surface area contributed by atoms with E-state index >= 15 is 0 Å². The number of rotatable bonds is 2. The lowest BCUT2D eigenvalue weighted by molar-refractivity contribution is -0.134. The second kappa shape index (κ2) is 11.5. The summed E-state index contributed by atoms with van der Waals surface area (Å²) in [4.78, 5) is 9.84. The van der Waals surface area contributed by atoms with Crippen molar-refractivity contribution in [3.05, 3.63) is 37.5 Å². The molecule has 0 spiro atoms. The lowest BCUT2D eigenvalue weighted by Crippen LogP contribution is -1.91. The van der Waals surface area contributed by atoms with Crippen LogP contribution in [0.4, 0.5) is 0 Å². The molecule has 11 heavy (non-hydrogen) atoms. The number of hydrogen-bond donors (Lipinski definition) is 0. The van der Waals surface area contributed by atoms with Gasteiger partial charge in [-0.05, 0) is 6.92 Å². The molecule has 0 aliphatic heterocycles. The summed E-state index contributed by atoms with van der Waals surface area (Å²) in [6.45, 7) is 8.58. The van der Waals surface area contributed by atoms with Gasteiger partial charge in [0.2, 0.25) is 0 Å². The zero-order chi connectivity index (χ0) is 9.11. The van der Waals surface area contributed by atoms with Gasteiger partial charge >= 0.3 is 5.97 Å². The molecular weight excluding hydrogens is 140 g/mol. The number of carbonyl (C=O) groups is 1. The Labute approximate surface area is 67.9 Å². The molecule has 0 fully saturated rings. The summed E-state index contributed by atoms with van der Waals surface area (Å²) in [6, 6.07) is 0. The van der Waals surface area contributed by atoms with Crippen LogP contribution in [-0.4, -0.2) is 13.1 Å². The minimum absolute atomic E-state index is 0.394. The van der Waals surface area contributed by atoms with E-state index in [2.05, 4.69) is 17.9 Å². The molecule has 0 radical (unpaired) electrons. The van der Waals surface area contributed by atoms with Crippen LogP contribution in [0.15, 0.2) is 37.5 Å². The van der Waals surface area contributed by atoms with E-state index in [0.29, 0.717) is 0 Å². The van der Waals surface area contributed by atoms with Crippen molar-refractivity contribution in [3.63, 3.8) is 0 Å². The third-order valence-corrected chi connectivity index (χ3v) is 0.696. The summed E-state index contributed by atoms with van der Waals surface area (Å²) >= 11 is 0. The maximum Gasteiger partial charge on any atom is 0.329 e. The second-order valence-electron chi connectivity index (χ2n) is 1.49. The summed E-state index contributed by atoms with van der Waals surface area (Å²) in [7, 11) is 1.31. The van der Waals surface area contributed by atoms with Crippen molar-refractivity contribution >= 4 is 5.97 Å². The summed E-state index contributed by atoms with van der Waals surface area (Å²) < 4.78 is 4.14. The number of esters is 1. The molecule has 0 aromatic heterocycles. The van der Waals surface area contributed by atoms with Gasteiger partial charge in [-0.3, -0.25) is 0 Å². The zero-order valence-electron chi connectivity index (χ0n) is 7.04. The molecule has 0 amide bonds. The average Bonchev–Trinajstić information content (AvgIpc) is 2.06. The van der Waals surface area contributed by atoms with Crippen LogP contribution >= 0.6 is 0 Å². The van der Waals surface area contributed by atoms with Crippen LogP contribution < -0.4 is 0 Å². The minimum atomic E-state index is -0.394. The van der Waals surface area contributed by atoms with Gasteiger partial charge in [-0.15, -0.1) is 0 Å². The van der Waals surface area contributed by atoms with Crippen LogP contribution in [0.25, 0.3) is 0 Å². The van der Waals surface area contributed by atoms with E-state index in [9.17, 15) is 4.79 Å². The maximum absolute atomic E-state index is 9.84. The molecule has 0 heterocycles. The standard InChI is InChI=1S/C5H8.C4H6O2/c1-3-5-4-2;1-3-4(5)6-2/h3-5H,1H2,2H3;3H,1H2,2H3. The number of ether oxygens (including phenoxy) is 1. The molecule has 0 bridgehead atoms. The normalized spacial score (nSPS) is 7.82. The van der Waals surface area contributed by atoms with E-state index < -0.39 is 5.97 Å². The average molecular weight is 154 g/mol. The van der Waals surface area contributed by atoms with Crippen LogP contribution in [-0.2, 0) is 9.53 Å². The molecule has 0 aromatic rings. The lowest BCUT2D eigenvalue weighted by atomic mass is 10.5. The van der Waals surface area contributed by atoms with E-state index in [4.69, 9.17) is 0 Å². The maximum atomic E-state index is 9.84. The van der Waals surface area contributed by atoms with E-state index in [1.54, 1.807) is 6.08 Å². The summed E-state index contributed by atoms with van der Waals surface area (Å²) in [5, 5.41) is 0. The fourth-order valence-electron chi connectivity index (χ4n) is 0.219. The van der Waals surface area contributed by atoms with Crippen molar-refractivity contribution in [1.29, 1.82) is 0 Å². The van der Waals surface area contributed by atoms with Gasteiger partial charge in [-0.25, -0.2) is 4.79 Å². The molecule has 0 rings (SSSR count). The third kappa shape index (κ3) is 17.7. The molecular formula is C9H14O2. The summed E-state index contributed by atoms with van der Waals surface area (Å²) in [5.41, 5.74) is 0. The topological polar surface area (TPSA) is 26.3 Å². The van der Waals surface area contributed by atoms with Crippen molar-refractivity contribution < 1.29 is 9.53 Å². The largest absolute Gasteiger partial charge is 0.466 e. The second-order valence-corrected chi connectivity index (χ2v) is 1.49. The van der Waals surface area contributed by atoms with Gasteiger partial charge in [-0.1, -0.05) is 31.4 Å². The summed E-state index contributed by atoms with van der Waals surface area (Å²) in [6.07, 6.45) is 6.69. The lowest BCUT2D eigenvalue weighted by Gasteiger charge is -1.83.